The van der Waals surface area contributed by atoms with Crippen molar-refractivity contribution in [2.24, 2.45) is 0 Å². The first-order valence-electron chi connectivity index (χ1n) is 7.99. The van der Waals surface area contributed by atoms with Crippen LogP contribution >= 0.6 is 0 Å². The maximum atomic E-state index is 11.9. The van der Waals surface area contributed by atoms with Crippen molar-refractivity contribution >= 4 is 28.9 Å². The summed E-state index contributed by atoms with van der Waals surface area (Å²) in [5.74, 6) is -0.508. The Hall–Kier alpha value is -2.90. The fraction of sp³-hybridized carbons (Fsp3) is 0.412. The molecule has 1 aromatic carbocycles. The summed E-state index contributed by atoms with van der Waals surface area (Å²) >= 11 is 0. The van der Waals surface area contributed by atoms with E-state index >= 15 is 0 Å². The molecule has 3 rings (SSSR count). The van der Waals surface area contributed by atoms with E-state index in [1.165, 1.54) is 0 Å². The number of carbonyl (C=O) groups excluding carboxylic acids is 3. The molecule has 0 aliphatic carbocycles. The highest BCUT2D eigenvalue weighted by molar-refractivity contribution is 6.04. The van der Waals surface area contributed by atoms with E-state index in [2.05, 4.69) is 36.4 Å². The molecule has 1 saturated heterocycles. The number of carbonyl (C=O) groups is 3. The van der Waals surface area contributed by atoms with Crippen LogP contribution < -0.4 is 10.6 Å². The number of nitrogens with zero attached hydrogens (tertiary/aromatic N) is 2. The van der Waals surface area contributed by atoms with Gasteiger partial charge in [0.15, 0.2) is 5.58 Å². The molecule has 0 unspecified atom stereocenters. The molecule has 0 bridgehead atoms. The number of hydrogen-bond acceptors (Lipinski definition) is 5. The number of rotatable bonds is 4. The van der Waals surface area contributed by atoms with Crippen LogP contribution in [-0.2, 0) is 21.5 Å². The van der Waals surface area contributed by atoms with E-state index in [1.807, 2.05) is 18.2 Å². The van der Waals surface area contributed by atoms with Gasteiger partial charge in [-0.05, 0) is 23.1 Å². The lowest BCUT2D eigenvalue weighted by molar-refractivity contribution is -0.130. The Morgan fingerprint density at radius 2 is 2.12 bits per heavy atom. The van der Waals surface area contributed by atoms with E-state index in [-0.39, 0.29) is 25.0 Å². The zero-order valence-corrected chi connectivity index (χ0v) is 14.4. The molecule has 4 amide bonds. The molecule has 2 heterocycles. The van der Waals surface area contributed by atoms with Crippen LogP contribution in [0.2, 0.25) is 0 Å². The second-order valence-electron chi connectivity index (χ2n) is 6.96. The summed E-state index contributed by atoms with van der Waals surface area (Å²) in [5, 5.41) is 4.96. The molecular weight excluding hydrogens is 324 g/mol. The topological polar surface area (TPSA) is 105 Å². The fourth-order valence-corrected chi connectivity index (χ4v) is 2.51. The smallest absolute Gasteiger partial charge is 0.325 e. The molecule has 132 valence electrons. The van der Waals surface area contributed by atoms with Crippen molar-refractivity contribution in [1.82, 2.24) is 20.5 Å². The maximum Gasteiger partial charge on any atom is 0.325 e. The van der Waals surface area contributed by atoms with Gasteiger partial charge in [0.2, 0.25) is 11.8 Å². The number of urea groups is 1. The Bertz CT molecular complexity index is 834. The summed E-state index contributed by atoms with van der Waals surface area (Å²) in [5.41, 5.74) is 2.52. The average Bonchev–Trinajstić information content (AvgIpc) is 3.09. The number of amides is 4. The molecule has 2 N–H and O–H groups in total. The summed E-state index contributed by atoms with van der Waals surface area (Å²) in [6, 6.07) is 5.27. The summed E-state index contributed by atoms with van der Waals surface area (Å²) in [6.07, 6.45) is 0. The van der Waals surface area contributed by atoms with Crippen molar-refractivity contribution in [1.29, 1.82) is 0 Å². The van der Waals surface area contributed by atoms with Gasteiger partial charge in [-0.1, -0.05) is 26.8 Å². The molecule has 1 aliphatic heterocycles. The Labute approximate surface area is 144 Å². The monoisotopic (exact) mass is 344 g/mol. The van der Waals surface area contributed by atoms with Gasteiger partial charge in [0, 0.05) is 0 Å². The quantitative estimate of drug-likeness (QED) is 0.813. The van der Waals surface area contributed by atoms with Crippen molar-refractivity contribution in [3.05, 3.63) is 29.7 Å². The third-order valence-electron chi connectivity index (χ3n) is 3.97. The molecule has 2 aromatic rings. The lowest BCUT2D eigenvalue weighted by atomic mass is 9.87. The van der Waals surface area contributed by atoms with Gasteiger partial charge in [-0.2, -0.15) is 0 Å². The number of hydrogen-bond donors (Lipinski definition) is 2. The molecule has 0 radical (unpaired) electrons. The first-order valence-corrected chi connectivity index (χ1v) is 7.99. The van der Waals surface area contributed by atoms with Gasteiger partial charge in [0.1, 0.15) is 12.1 Å². The maximum absolute atomic E-state index is 11.9. The zero-order chi connectivity index (χ0) is 18.2. The Morgan fingerprint density at radius 1 is 1.36 bits per heavy atom. The fourth-order valence-electron chi connectivity index (χ4n) is 2.51. The molecule has 1 fully saturated rings. The number of benzene rings is 1. The minimum Gasteiger partial charge on any atom is -0.439 e. The molecule has 1 aliphatic rings. The van der Waals surface area contributed by atoms with E-state index in [9.17, 15) is 14.4 Å². The van der Waals surface area contributed by atoms with Crippen molar-refractivity contribution in [2.75, 3.05) is 13.1 Å². The van der Waals surface area contributed by atoms with Crippen LogP contribution in [-0.4, -0.2) is 40.8 Å². The minimum absolute atomic E-state index is 0.00432. The van der Waals surface area contributed by atoms with Crippen LogP contribution in [0.15, 0.2) is 22.6 Å². The Morgan fingerprint density at radius 3 is 2.76 bits per heavy atom. The highest BCUT2D eigenvalue weighted by atomic mass is 16.3. The normalized spacial score (nSPS) is 14.9. The number of imide groups is 1. The third-order valence-corrected chi connectivity index (χ3v) is 3.97. The van der Waals surface area contributed by atoms with E-state index in [0.29, 0.717) is 11.5 Å². The molecule has 0 spiro atoms. The SMILES string of the molecule is CC(C)(C)c1ccc2oc(CNC(=O)CN3C(=O)CNC3=O)nc2c1. The minimum atomic E-state index is -0.559. The molecule has 1 aromatic heterocycles. The van der Waals surface area contributed by atoms with Crippen molar-refractivity contribution in [3.63, 3.8) is 0 Å². The Balaban J connectivity index is 1.64. The van der Waals surface area contributed by atoms with E-state index < -0.39 is 17.8 Å². The average molecular weight is 344 g/mol. The van der Waals surface area contributed by atoms with Gasteiger partial charge in [-0.25, -0.2) is 9.78 Å². The van der Waals surface area contributed by atoms with Crippen LogP contribution in [0, 0.1) is 0 Å². The van der Waals surface area contributed by atoms with E-state index in [4.69, 9.17) is 4.42 Å². The highest BCUT2D eigenvalue weighted by Crippen LogP contribution is 2.26. The molecule has 0 atom stereocenters. The van der Waals surface area contributed by atoms with Crippen LogP contribution in [0.4, 0.5) is 4.79 Å². The van der Waals surface area contributed by atoms with Crippen LogP contribution in [0.3, 0.4) is 0 Å². The molecular formula is C17H20N4O4. The number of fused-ring (bicyclic) bond motifs is 1. The summed E-state index contributed by atoms with van der Waals surface area (Å²) in [7, 11) is 0. The van der Waals surface area contributed by atoms with Crippen LogP contribution in [0.5, 0.6) is 0 Å². The van der Waals surface area contributed by atoms with Gasteiger partial charge < -0.3 is 15.1 Å². The predicted molar refractivity (Wildman–Crippen MR) is 89.7 cm³/mol. The largest absolute Gasteiger partial charge is 0.439 e. The van der Waals surface area contributed by atoms with Crippen LogP contribution in [0.25, 0.3) is 11.1 Å². The van der Waals surface area contributed by atoms with E-state index in [0.717, 1.165) is 16.0 Å². The van der Waals surface area contributed by atoms with Gasteiger partial charge in [-0.15, -0.1) is 0 Å². The van der Waals surface area contributed by atoms with Gasteiger partial charge in [0.25, 0.3) is 5.91 Å². The molecule has 8 nitrogen and oxygen atoms in total. The summed E-state index contributed by atoms with van der Waals surface area (Å²) in [4.78, 5) is 40.0. The first kappa shape index (κ1) is 16.9. The second-order valence-corrected chi connectivity index (χ2v) is 6.96. The lowest BCUT2D eigenvalue weighted by Gasteiger charge is -2.18. The lowest BCUT2D eigenvalue weighted by Crippen LogP contribution is -2.40. The number of nitrogens with one attached hydrogen (secondary N) is 2. The molecule has 8 heteroatoms. The standard InChI is InChI=1S/C17H20N4O4/c1-17(2,3)10-4-5-12-11(6-10)20-14(25-12)7-18-13(22)9-21-15(23)8-19-16(21)24/h4-6H,7-9H2,1-3H3,(H,18,22)(H,19,24). The third kappa shape index (κ3) is 3.62. The number of aromatic nitrogens is 1. The second kappa shape index (κ2) is 6.19. The predicted octanol–water partition coefficient (Wildman–Crippen LogP) is 1.29. The van der Waals surface area contributed by atoms with E-state index in [1.54, 1.807) is 0 Å². The molecule has 0 saturated carbocycles. The van der Waals surface area contributed by atoms with Gasteiger partial charge >= 0.3 is 6.03 Å². The zero-order valence-electron chi connectivity index (χ0n) is 14.4. The number of oxazole rings is 1. The van der Waals surface area contributed by atoms with Gasteiger partial charge in [-0.3, -0.25) is 14.5 Å². The first-order chi connectivity index (χ1) is 11.7. The highest BCUT2D eigenvalue weighted by Gasteiger charge is 2.30. The van der Waals surface area contributed by atoms with Crippen molar-refractivity contribution < 1.29 is 18.8 Å². The summed E-state index contributed by atoms with van der Waals surface area (Å²) < 4.78 is 5.61. The molecule has 25 heavy (non-hydrogen) atoms. The van der Waals surface area contributed by atoms with Crippen molar-refractivity contribution in [3.8, 4) is 0 Å². The van der Waals surface area contributed by atoms with Crippen molar-refractivity contribution in [2.45, 2.75) is 32.7 Å². The van der Waals surface area contributed by atoms with Crippen LogP contribution in [0.1, 0.15) is 32.2 Å². The summed E-state index contributed by atoms with van der Waals surface area (Å²) in [6.45, 7) is 6.04. The van der Waals surface area contributed by atoms with Gasteiger partial charge in [0.05, 0.1) is 13.1 Å². The Kier molecular flexibility index (Phi) is 4.20.